The Morgan fingerprint density at radius 1 is 1.73 bits per heavy atom. The van der Waals surface area contributed by atoms with Crippen LogP contribution in [0.3, 0.4) is 0 Å². The molecule has 0 aromatic carbocycles. The first kappa shape index (κ1) is 7.98. The lowest BCUT2D eigenvalue weighted by Gasteiger charge is -2.09. The molecule has 0 N–H and O–H groups in total. The van der Waals surface area contributed by atoms with E-state index in [1.165, 1.54) is 6.92 Å². The summed E-state index contributed by atoms with van der Waals surface area (Å²) in [4.78, 5) is 21.5. The van der Waals surface area contributed by atoms with E-state index in [1.807, 2.05) is 0 Å². The van der Waals surface area contributed by atoms with Crippen LogP contribution < -0.4 is 0 Å². The standard InChI is InChI=1S/C8H10O3/c1-5-3-4-7(10)8(5)11-6(2)9/h3,8H,4H2,1-2H3. The zero-order valence-corrected chi connectivity index (χ0v) is 6.59. The van der Waals surface area contributed by atoms with E-state index in [0.717, 1.165) is 5.57 Å². The number of hydrogen-bond donors (Lipinski definition) is 0. The van der Waals surface area contributed by atoms with E-state index in [-0.39, 0.29) is 5.78 Å². The molecule has 3 nitrogen and oxygen atoms in total. The summed E-state index contributed by atoms with van der Waals surface area (Å²) >= 11 is 0. The van der Waals surface area contributed by atoms with Crippen molar-refractivity contribution in [3.63, 3.8) is 0 Å². The number of carbonyl (C=O) groups is 2. The van der Waals surface area contributed by atoms with Crippen molar-refractivity contribution < 1.29 is 14.3 Å². The molecule has 0 aromatic heterocycles. The lowest BCUT2D eigenvalue weighted by molar-refractivity contribution is -0.149. The fourth-order valence-electron chi connectivity index (χ4n) is 1.05. The molecule has 0 bridgehead atoms. The normalized spacial score (nSPS) is 23.3. The number of Topliss-reactive ketones (excluding diaryl/α,β-unsaturated/α-hetero) is 1. The van der Waals surface area contributed by atoms with Gasteiger partial charge in [-0.1, -0.05) is 6.08 Å². The first-order chi connectivity index (χ1) is 5.11. The summed E-state index contributed by atoms with van der Waals surface area (Å²) in [6, 6.07) is 0. The average molecular weight is 154 g/mol. The molecule has 0 saturated carbocycles. The molecule has 60 valence electrons. The minimum absolute atomic E-state index is 0.0299. The Morgan fingerprint density at radius 2 is 2.36 bits per heavy atom. The van der Waals surface area contributed by atoms with Crippen LogP contribution >= 0.6 is 0 Å². The summed E-state index contributed by atoms with van der Waals surface area (Å²) in [7, 11) is 0. The summed E-state index contributed by atoms with van der Waals surface area (Å²) in [5.41, 5.74) is 0.838. The van der Waals surface area contributed by atoms with Gasteiger partial charge in [0.15, 0.2) is 11.9 Å². The number of allylic oxidation sites excluding steroid dienone is 1. The first-order valence-electron chi connectivity index (χ1n) is 3.48. The van der Waals surface area contributed by atoms with Gasteiger partial charge in [-0.2, -0.15) is 0 Å². The molecule has 1 aliphatic rings. The maximum absolute atomic E-state index is 11.0. The van der Waals surface area contributed by atoms with Gasteiger partial charge in [-0.3, -0.25) is 9.59 Å². The average Bonchev–Trinajstić information content (AvgIpc) is 2.18. The van der Waals surface area contributed by atoms with Gasteiger partial charge in [0.25, 0.3) is 0 Å². The van der Waals surface area contributed by atoms with E-state index < -0.39 is 12.1 Å². The Labute approximate surface area is 65.0 Å². The van der Waals surface area contributed by atoms with E-state index in [4.69, 9.17) is 4.74 Å². The smallest absolute Gasteiger partial charge is 0.303 e. The molecule has 0 aromatic rings. The fraction of sp³-hybridized carbons (Fsp3) is 0.500. The SMILES string of the molecule is CC(=O)OC1C(=O)CC=C1C. The number of esters is 1. The van der Waals surface area contributed by atoms with Gasteiger partial charge in [0.2, 0.25) is 0 Å². The van der Waals surface area contributed by atoms with Gasteiger partial charge in [0.05, 0.1) is 0 Å². The van der Waals surface area contributed by atoms with Crippen LogP contribution in [0.15, 0.2) is 11.6 Å². The number of rotatable bonds is 1. The van der Waals surface area contributed by atoms with Crippen molar-refractivity contribution in [1.82, 2.24) is 0 Å². The first-order valence-corrected chi connectivity index (χ1v) is 3.48. The zero-order valence-electron chi connectivity index (χ0n) is 6.59. The lowest BCUT2D eigenvalue weighted by Crippen LogP contribution is -2.22. The van der Waals surface area contributed by atoms with Crippen molar-refractivity contribution in [2.75, 3.05) is 0 Å². The summed E-state index contributed by atoms with van der Waals surface area (Å²) in [5.74, 6) is -0.435. The van der Waals surface area contributed by atoms with Crippen LogP contribution in [0.25, 0.3) is 0 Å². The van der Waals surface area contributed by atoms with Gasteiger partial charge in [-0.05, 0) is 12.5 Å². The van der Waals surface area contributed by atoms with Crippen LogP contribution in [0, 0.1) is 0 Å². The third-order valence-electron chi connectivity index (χ3n) is 1.62. The van der Waals surface area contributed by atoms with Crippen molar-refractivity contribution in [2.45, 2.75) is 26.4 Å². The minimum atomic E-state index is -0.604. The Hall–Kier alpha value is -1.12. The van der Waals surface area contributed by atoms with E-state index >= 15 is 0 Å². The van der Waals surface area contributed by atoms with Crippen molar-refractivity contribution in [1.29, 1.82) is 0 Å². The van der Waals surface area contributed by atoms with Crippen LogP contribution in [0.4, 0.5) is 0 Å². The monoisotopic (exact) mass is 154 g/mol. The third kappa shape index (κ3) is 1.67. The van der Waals surface area contributed by atoms with Gasteiger partial charge >= 0.3 is 5.97 Å². The van der Waals surface area contributed by atoms with Gasteiger partial charge in [0.1, 0.15) is 0 Å². The second-order valence-corrected chi connectivity index (χ2v) is 2.61. The molecule has 0 saturated heterocycles. The largest absolute Gasteiger partial charge is 0.450 e. The number of hydrogen-bond acceptors (Lipinski definition) is 3. The van der Waals surface area contributed by atoms with Crippen molar-refractivity contribution in [2.24, 2.45) is 0 Å². The summed E-state index contributed by atoms with van der Waals surface area (Å²) < 4.78 is 4.78. The molecule has 1 rings (SSSR count). The second kappa shape index (κ2) is 2.86. The maximum atomic E-state index is 11.0. The van der Waals surface area contributed by atoms with E-state index in [0.29, 0.717) is 6.42 Å². The van der Waals surface area contributed by atoms with Crippen molar-refractivity contribution >= 4 is 11.8 Å². The Balaban J connectivity index is 2.63. The number of ketones is 1. The number of ether oxygens (including phenoxy) is 1. The Kier molecular flexibility index (Phi) is 2.08. The minimum Gasteiger partial charge on any atom is -0.450 e. The molecule has 0 spiro atoms. The summed E-state index contributed by atoms with van der Waals surface area (Å²) in [5, 5.41) is 0. The summed E-state index contributed by atoms with van der Waals surface area (Å²) in [6.45, 7) is 3.09. The highest BCUT2D eigenvalue weighted by Crippen LogP contribution is 2.17. The van der Waals surface area contributed by atoms with Gasteiger partial charge in [-0.15, -0.1) is 0 Å². The number of carbonyl (C=O) groups excluding carboxylic acids is 2. The van der Waals surface area contributed by atoms with E-state index in [1.54, 1.807) is 13.0 Å². The quantitative estimate of drug-likeness (QED) is 0.415. The molecule has 0 radical (unpaired) electrons. The molecule has 1 unspecified atom stereocenters. The van der Waals surface area contributed by atoms with E-state index in [9.17, 15) is 9.59 Å². The van der Waals surface area contributed by atoms with Crippen LogP contribution in [0.1, 0.15) is 20.3 Å². The highest BCUT2D eigenvalue weighted by atomic mass is 16.5. The molecule has 0 fully saturated rings. The molecule has 3 heteroatoms. The molecule has 1 atom stereocenters. The Bertz CT molecular complexity index is 227. The zero-order chi connectivity index (χ0) is 8.43. The van der Waals surface area contributed by atoms with Crippen molar-refractivity contribution in [3.8, 4) is 0 Å². The van der Waals surface area contributed by atoms with Crippen LogP contribution in [0.2, 0.25) is 0 Å². The highest BCUT2D eigenvalue weighted by Gasteiger charge is 2.26. The van der Waals surface area contributed by atoms with Crippen LogP contribution in [-0.2, 0) is 14.3 Å². The second-order valence-electron chi connectivity index (χ2n) is 2.61. The summed E-state index contributed by atoms with van der Waals surface area (Å²) in [6.07, 6.45) is 1.58. The van der Waals surface area contributed by atoms with Gasteiger partial charge in [-0.25, -0.2) is 0 Å². The highest BCUT2D eigenvalue weighted by molar-refractivity contribution is 5.92. The predicted molar refractivity (Wildman–Crippen MR) is 38.9 cm³/mol. The molecule has 0 aliphatic heterocycles. The molecule has 0 heterocycles. The molecule has 11 heavy (non-hydrogen) atoms. The molecule has 0 amide bonds. The molecular formula is C8H10O3. The van der Waals surface area contributed by atoms with Gasteiger partial charge < -0.3 is 4.74 Å². The van der Waals surface area contributed by atoms with E-state index in [2.05, 4.69) is 0 Å². The lowest BCUT2D eigenvalue weighted by atomic mass is 10.2. The molecule has 1 aliphatic carbocycles. The van der Waals surface area contributed by atoms with Crippen molar-refractivity contribution in [3.05, 3.63) is 11.6 Å². The molecular weight excluding hydrogens is 144 g/mol. The Morgan fingerprint density at radius 3 is 2.73 bits per heavy atom. The fourth-order valence-corrected chi connectivity index (χ4v) is 1.05. The van der Waals surface area contributed by atoms with Crippen LogP contribution in [0.5, 0.6) is 0 Å². The van der Waals surface area contributed by atoms with Gasteiger partial charge in [0, 0.05) is 13.3 Å². The predicted octanol–water partition coefficient (Wildman–Crippen LogP) is 0.837. The van der Waals surface area contributed by atoms with Crippen LogP contribution in [-0.4, -0.2) is 17.9 Å². The topological polar surface area (TPSA) is 43.4 Å². The third-order valence-corrected chi connectivity index (χ3v) is 1.62. The maximum Gasteiger partial charge on any atom is 0.303 e.